The highest BCUT2D eigenvalue weighted by Crippen LogP contribution is 2.37. The molecular formula is C17H22N2O2. The molecule has 2 unspecified atom stereocenters. The molecule has 2 atom stereocenters. The molecule has 1 aliphatic carbocycles. The fourth-order valence-electron chi connectivity index (χ4n) is 3.21. The Balaban J connectivity index is 1.93. The zero-order chi connectivity index (χ0) is 15.1. The molecule has 1 aromatic carbocycles. The molecule has 2 fully saturated rings. The van der Waals surface area contributed by atoms with Gasteiger partial charge >= 0.3 is 0 Å². The highest BCUT2D eigenvalue weighted by Gasteiger charge is 2.46. The van der Waals surface area contributed by atoms with Gasteiger partial charge in [0, 0.05) is 6.54 Å². The van der Waals surface area contributed by atoms with Crippen LogP contribution < -0.4 is 5.32 Å². The summed E-state index contributed by atoms with van der Waals surface area (Å²) in [5, 5.41) is 2.82. The summed E-state index contributed by atoms with van der Waals surface area (Å²) in [6, 6.07) is 5.45. The Kier molecular flexibility index (Phi) is 3.47. The molecule has 1 N–H and O–H groups in total. The monoisotopic (exact) mass is 286 g/mol. The summed E-state index contributed by atoms with van der Waals surface area (Å²) in [5.41, 5.74) is 3.52. The Labute approximate surface area is 125 Å². The lowest BCUT2D eigenvalue weighted by molar-refractivity contribution is -0.150. The zero-order valence-electron chi connectivity index (χ0n) is 12.8. The summed E-state index contributed by atoms with van der Waals surface area (Å²) < 4.78 is 0. The standard InChI is InChI=1S/C17H22N2O2/c1-10-5-4-6-11(2)14(10)9-19-15(13-7-8-13)16(20)18-12(3)17(19)21/h4-6,12-13,15H,7-9H2,1-3H3,(H,18,20). The van der Waals surface area contributed by atoms with Crippen molar-refractivity contribution in [2.24, 2.45) is 5.92 Å². The zero-order valence-corrected chi connectivity index (χ0v) is 12.8. The van der Waals surface area contributed by atoms with Crippen LogP contribution in [0.1, 0.15) is 36.5 Å². The molecule has 4 nitrogen and oxygen atoms in total. The predicted molar refractivity (Wildman–Crippen MR) is 80.6 cm³/mol. The average Bonchev–Trinajstić information content (AvgIpc) is 3.24. The number of carbonyl (C=O) groups excluding carboxylic acids is 2. The lowest BCUT2D eigenvalue weighted by atomic mass is 9.98. The van der Waals surface area contributed by atoms with Crippen LogP contribution >= 0.6 is 0 Å². The third-order valence-electron chi connectivity index (χ3n) is 4.66. The molecule has 2 amide bonds. The van der Waals surface area contributed by atoms with Gasteiger partial charge in [-0.3, -0.25) is 9.59 Å². The van der Waals surface area contributed by atoms with Gasteiger partial charge in [-0.15, -0.1) is 0 Å². The molecule has 2 aliphatic rings. The van der Waals surface area contributed by atoms with Gasteiger partial charge in [0.15, 0.2) is 0 Å². The minimum Gasteiger partial charge on any atom is -0.343 e. The summed E-state index contributed by atoms with van der Waals surface area (Å²) in [6.07, 6.45) is 2.09. The van der Waals surface area contributed by atoms with Crippen molar-refractivity contribution in [1.82, 2.24) is 10.2 Å². The molecule has 1 saturated heterocycles. The first-order valence-corrected chi connectivity index (χ1v) is 7.65. The van der Waals surface area contributed by atoms with E-state index in [1.54, 1.807) is 11.8 Å². The molecule has 0 spiro atoms. The number of carbonyl (C=O) groups is 2. The second-order valence-electron chi connectivity index (χ2n) is 6.35. The summed E-state index contributed by atoms with van der Waals surface area (Å²) in [7, 11) is 0. The summed E-state index contributed by atoms with van der Waals surface area (Å²) in [5.74, 6) is 0.385. The van der Waals surface area contributed by atoms with Crippen LogP contribution in [0.3, 0.4) is 0 Å². The third kappa shape index (κ3) is 2.55. The van der Waals surface area contributed by atoms with Crippen LogP contribution in [0.15, 0.2) is 18.2 Å². The van der Waals surface area contributed by atoms with Gasteiger partial charge in [0.2, 0.25) is 11.8 Å². The largest absolute Gasteiger partial charge is 0.343 e. The molecule has 21 heavy (non-hydrogen) atoms. The smallest absolute Gasteiger partial charge is 0.245 e. The molecule has 112 valence electrons. The molecule has 0 radical (unpaired) electrons. The van der Waals surface area contributed by atoms with Gasteiger partial charge in [-0.2, -0.15) is 0 Å². The van der Waals surface area contributed by atoms with Crippen LogP contribution in [-0.4, -0.2) is 28.8 Å². The molecule has 1 heterocycles. The van der Waals surface area contributed by atoms with Gasteiger partial charge in [-0.05, 0) is 56.2 Å². The van der Waals surface area contributed by atoms with E-state index in [-0.39, 0.29) is 17.9 Å². The minimum atomic E-state index is -0.420. The highest BCUT2D eigenvalue weighted by molar-refractivity contribution is 5.97. The van der Waals surface area contributed by atoms with Gasteiger partial charge < -0.3 is 10.2 Å². The van der Waals surface area contributed by atoms with Crippen molar-refractivity contribution in [1.29, 1.82) is 0 Å². The van der Waals surface area contributed by atoms with Gasteiger partial charge in [0.25, 0.3) is 0 Å². The Morgan fingerprint density at radius 3 is 2.38 bits per heavy atom. The molecule has 1 aromatic rings. The van der Waals surface area contributed by atoms with E-state index >= 15 is 0 Å². The van der Waals surface area contributed by atoms with E-state index in [1.807, 2.05) is 6.07 Å². The fraction of sp³-hybridized carbons (Fsp3) is 0.529. The van der Waals surface area contributed by atoms with Gasteiger partial charge in [-0.25, -0.2) is 0 Å². The van der Waals surface area contributed by atoms with E-state index in [0.717, 1.165) is 12.8 Å². The van der Waals surface area contributed by atoms with Crippen LogP contribution in [0.4, 0.5) is 0 Å². The first kappa shape index (κ1) is 14.1. The Bertz CT molecular complexity index is 572. The number of amides is 2. The number of rotatable bonds is 3. The number of benzene rings is 1. The maximum atomic E-state index is 12.6. The van der Waals surface area contributed by atoms with Crippen molar-refractivity contribution in [2.45, 2.75) is 52.2 Å². The lowest BCUT2D eigenvalue weighted by Gasteiger charge is -2.38. The normalized spacial score (nSPS) is 26.0. The number of nitrogens with zero attached hydrogens (tertiary/aromatic N) is 1. The highest BCUT2D eigenvalue weighted by atomic mass is 16.2. The average molecular weight is 286 g/mol. The van der Waals surface area contributed by atoms with Crippen LogP contribution in [0.2, 0.25) is 0 Å². The second kappa shape index (κ2) is 5.17. The lowest BCUT2D eigenvalue weighted by Crippen LogP contribution is -2.62. The van der Waals surface area contributed by atoms with E-state index in [4.69, 9.17) is 0 Å². The molecular weight excluding hydrogens is 264 g/mol. The first-order valence-electron chi connectivity index (χ1n) is 7.65. The summed E-state index contributed by atoms with van der Waals surface area (Å²) in [4.78, 5) is 26.7. The molecule has 1 saturated carbocycles. The van der Waals surface area contributed by atoms with Gasteiger partial charge in [0.1, 0.15) is 12.1 Å². The Morgan fingerprint density at radius 2 is 1.81 bits per heavy atom. The van der Waals surface area contributed by atoms with Gasteiger partial charge in [-0.1, -0.05) is 18.2 Å². The quantitative estimate of drug-likeness (QED) is 0.923. The maximum Gasteiger partial charge on any atom is 0.245 e. The SMILES string of the molecule is Cc1cccc(C)c1CN1C(=O)C(C)NC(=O)C1C1CC1. The third-order valence-corrected chi connectivity index (χ3v) is 4.66. The van der Waals surface area contributed by atoms with Crippen LogP contribution in [0.25, 0.3) is 0 Å². The minimum absolute atomic E-state index is 0.0100. The van der Waals surface area contributed by atoms with Crippen molar-refractivity contribution in [3.8, 4) is 0 Å². The van der Waals surface area contributed by atoms with E-state index in [2.05, 4.69) is 31.3 Å². The van der Waals surface area contributed by atoms with Crippen LogP contribution in [-0.2, 0) is 16.1 Å². The van der Waals surface area contributed by atoms with Crippen molar-refractivity contribution in [3.05, 3.63) is 34.9 Å². The van der Waals surface area contributed by atoms with Crippen LogP contribution in [0, 0.1) is 19.8 Å². The summed E-state index contributed by atoms with van der Waals surface area (Å²) in [6.45, 7) is 6.43. The number of hydrogen-bond donors (Lipinski definition) is 1. The van der Waals surface area contributed by atoms with E-state index in [1.165, 1.54) is 16.7 Å². The molecule has 0 aromatic heterocycles. The number of hydrogen-bond acceptors (Lipinski definition) is 2. The molecule has 4 heteroatoms. The maximum absolute atomic E-state index is 12.6. The number of aryl methyl sites for hydroxylation is 2. The van der Waals surface area contributed by atoms with Gasteiger partial charge in [0.05, 0.1) is 0 Å². The Morgan fingerprint density at radius 1 is 1.19 bits per heavy atom. The number of piperazine rings is 1. The molecule has 1 aliphatic heterocycles. The predicted octanol–water partition coefficient (Wildman–Crippen LogP) is 1.93. The first-order chi connectivity index (χ1) is 9.99. The van der Waals surface area contributed by atoms with Crippen molar-refractivity contribution < 1.29 is 9.59 Å². The second-order valence-corrected chi connectivity index (χ2v) is 6.35. The van der Waals surface area contributed by atoms with E-state index < -0.39 is 6.04 Å². The topological polar surface area (TPSA) is 49.4 Å². The number of nitrogens with one attached hydrogen (secondary N) is 1. The van der Waals surface area contributed by atoms with Crippen molar-refractivity contribution in [2.75, 3.05) is 0 Å². The fourth-order valence-corrected chi connectivity index (χ4v) is 3.21. The van der Waals surface area contributed by atoms with Crippen molar-refractivity contribution in [3.63, 3.8) is 0 Å². The van der Waals surface area contributed by atoms with Crippen molar-refractivity contribution >= 4 is 11.8 Å². The van der Waals surface area contributed by atoms with E-state index in [0.29, 0.717) is 12.5 Å². The molecule has 0 bridgehead atoms. The van der Waals surface area contributed by atoms with Crippen LogP contribution in [0.5, 0.6) is 0 Å². The Hall–Kier alpha value is -1.84. The molecule has 3 rings (SSSR count). The van der Waals surface area contributed by atoms with E-state index in [9.17, 15) is 9.59 Å². The summed E-state index contributed by atoms with van der Waals surface area (Å²) >= 11 is 0.